The second-order valence-electron chi connectivity index (χ2n) is 4.42. The van der Waals surface area contributed by atoms with Gasteiger partial charge in [-0.2, -0.15) is 13.2 Å². The molecule has 1 saturated heterocycles. The maximum absolute atomic E-state index is 12.1. The number of nitrogens with one attached hydrogen (secondary N) is 1. The van der Waals surface area contributed by atoms with Crippen molar-refractivity contribution in [2.24, 2.45) is 0 Å². The molecule has 4 N–H and O–H groups in total. The molecule has 4 nitrogen and oxygen atoms in total. The first-order chi connectivity index (χ1) is 9.32. The summed E-state index contributed by atoms with van der Waals surface area (Å²) in [6.45, 7) is 2.50. The molecule has 0 bridgehead atoms. The van der Waals surface area contributed by atoms with Gasteiger partial charge in [-0.05, 0) is 44.1 Å². The van der Waals surface area contributed by atoms with Gasteiger partial charge in [-0.15, -0.1) is 0 Å². The van der Waals surface area contributed by atoms with Crippen LogP contribution in [0.1, 0.15) is 35.2 Å². The Morgan fingerprint density at radius 1 is 1.20 bits per heavy atom. The van der Waals surface area contributed by atoms with Crippen LogP contribution in [0.15, 0.2) is 18.2 Å². The van der Waals surface area contributed by atoms with Crippen LogP contribution in [-0.4, -0.2) is 24.2 Å². The van der Waals surface area contributed by atoms with E-state index >= 15 is 0 Å². The van der Waals surface area contributed by atoms with Crippen LogP contribution in [0.5, 0.6) is 0 Å². The van der Waals surface area contributed by atoms with Gasteiger partial charge in [0.25, 0.3) is 0 Å². The molecule has 1 aliphatic rings. The predicted molar refractivity (Wildman–Crippen MR) is 69.5 cm³/mol. The van der Waals surface area contributed by atoms with Crippen molar-refractivity contribution in [1.29, 1.82) is 0 Å². The molecule has 1 heterocycles. The lowest BCUT2D eigenvalue weighted by Gasteiger charge is -2.08. The quantitative estimate of drug-likeness (QED) is 0.695. The van der Waals surface area contributed by atoms with Crippen LogP contribution in [-0.2, 0) is 6.18 Å². The van der Waals surface area contributed by atoms with Crippen molar-refractivity contribution in [3.8, 4) is 0 Å². The number of hydrogen-bond donors (Lipinski definition) is 3. The van der Waals surface area contributed by atoms with Gasteiger partial charge >= 0.3 is 12.1 Å². The minimum atomic E-state index is -4.51. The van der Waals surface area contributed by atoms with E-state index in [-0.39, 0.29) is 5.56 Å². The average molecular weight is 290 g/mol. The van der Waals surface area contributed by atoms with E-state index in [1.165, 1.54) is 32.4 Å². The van der Waals surface area contributed by atoms with E-state index < -0.39 is 23.4 Å². The van der Waals surface area contributed by atoms with Crippen LogP contribution in [0.25, 0.3) is 0 Å². The summed E-state index contributed by atoms with van der Waals surface area (Å²) < 4.78 is 36.3. The largest absolute Gasteiger partial charge is 0.478 e. The van der Waals surface area contributed by atoms with Crippen molar-refractivity contribution < 1.29 is 23.1 Å². The van der Waals surface area contributed by atoms with E-state index in [9.17, 15) is 18.0 Å². The lowest BCUT2D eigenvalue weighted by atomic mass is 10.1. The normalized spacial score (nSPS) is 15.2. The number of hydrogen-bond acceptors (Lipinski definition) is 3. The van der Waals surface area contributed by atoms with Crippen molar-refractivity contribution in [1.82, 2.24) is 5.32 Å². The number of nitrogens with two attached hydrogens (primary N) is 1. The van der Waals surface area contributed by atoms with Crippen molar-refractivity contribution >= 4 is 11.7 Å². The molecular weight excluding hydrogens is 273 g/mol. The molecule has 1 aromatic carbocycles. The fraction of sp³-hybridized carbons (Fsp3) is 0.462. The van der Waals surface area contributed by atoms with Crippen molar-refractivity contribution in [2.75, 3.05) is 18.8 Å². The van der Waals surface area contributed by atoms with E-state index in [4.69, 9.17) is 10.8 Å². The molecule has 20 heavy (non-hydrogen) atoms. The SMILES string of the molecule is C1CCNCC1.Nc1cc(C(F)(F)F)ccc1C(=O)O. The Morgan fingerprint density at radius 3 is 2.10 bits per heavy atom. The first-order valence-electron chi connectivity index (χ1n) is 6.23. The highest BCUT2D eigenvalue weighted by Gasteiger charge is 2.31. The Kier molecular flexibility index (Phi) is 5.82. The second kappa shape index (κ2) is 7.14. The third kappa shape index (κ3) is 5.08. The number of carbonyl (C=O) groups is 1. The van der Waals surface area contributed by atoms with Gasteiger partial charge < -0.3 is 16.2 Å². The summed E-state index contributed by atoms with van der Waals surface area (Å²) in [5, 5.41) is 11.8. The molecule has 0 amide bonds. The molecule has 1 aliphatic heterocycles. The summed E-state index contributed by atoms with van der Waals surface area (Å²) in [4.78, 5) is 10.4. The molecule has 0 spiro atoms. The highest BCUT2D eigenvalue weighted by atomic mass is 19.4. The topological polar surface area (TPSA) is 75.3 Å². The highest BCUT2D eigenvalue weighted by molar-refractivity contribution is 5.93. The van der Waals surface area contributed by atoms with Crippen molar-refractivity contribution in [2.45, 2.75) is 25.4 Å². The van der Waals surface area contributed by atoms with Gasteiger partial charge in [0.1, 0.15) is 0 Å². The molecular formula is C13H17F3N2O2. The fourth-order valence-electron chi connectivity index (χ4n) is 1.74. The van der Waals surface area contributed by atoms with Crippen molar-refractivity contribution in [3.63, 3.8) is 0 Å². The average Bonchev–Trinajstić information content (AvgIpc) is 2.40. The zero-order valence-corrected chi connectivity index (χ0v) is 10.8. The summed E-state index contributed by atoms with van der Waals surface area (Å²) in [7, 11) is 0. The van der Waals surface area contributed by atoms with Crippen LogP contribution < -0.4 is 11.1 Å². The number of rotatable bonds is 1. The molecule has 0 saturated carbocycles. The number of benzene rings is 1. The summed E-state index contributed by atoms with van der Waals surface area (Å²) in [6.07, 6.45) is -0.293. The van der Waals surface area contributed by atoms with E-state index in [1.807, 2.05) is 0 Å². The minimum absolute atomic E-state index is 0.335. The Bertz CT molecular complexity index is 446. The third-order valence-corrected chi connectivity index (χ3v) is 2.82. The van der Waals surface area contributed by atoms with Gasteiger partial charge in [-0.3, -0.25) is 0 Å². The summed E-state index contributed by atoms with van der Waals surface area (Å²) in [5.74, 6) is -1.35. The van der Waals surface area contributed by atoms with Gasteiger partial charge in [-0.1, -0.05) is 6.42 Å². The summed E-state index contributed by atoms with van der Waals surface area (Å²) >= 11 is 0. The number of halogens is 3. The highest BCUT2D eigenvalue weighted by Crippen LogP contribution is 2.31. The number of carboxylic acid groups (broad SMARTS) is 1. The minimum Gasteiger partial charge on any atom is -0.478 e. The molecule has 7 heteroatoms. The number of nitrogen functional groups attached to an aromatic ring is 1. The molecule has 1 aromatic rings. The summed E-state index contributed by atoms with van der Waals surface area (Å²) in [6, 6.07) is 2.11. The van der Waals surface area contributed by atoms with Gasteiger partial charge in [0.2, 0.25) is 0 Å². The molecule has 2 rings (SSSR count). The van der Waals surface area contributed by atoms with Gasteiger partial charge in [-0.25, -0.2) is 4.79 Å². The molecule has 1 fully saturated rings. The zero-order chi connectivity index (χ0) is 15.2. The number of carboxylic acids is 1. The maximum Gasteiger partial charge on any atom is 0.416 e. The predicted octanol–water partition coefficient (Wildman–Crippen LogP) is 2.75. The monoisotopic (exact) mass is 290 g/mol. The van der Waals surface area contributed by atoms with E-state index in [0.717, 1.165) is 6.07 Å². The molecule has 0 aromatic heterocycles. The standard InChI is InChI=1S/C8H6F3NO2.C5H11N/c9-8(10,11)4-1-2-5(7(13)14)6(12)3-4;1-2-4-6-5-3-1/h1-3H,12H2,(H,13,14);6H,1-5H2. The van der Waals surface area contributed by atoms with E-state index in [1.54, 1.807) is 0 Å². The number of piperidine rings is 1. The molecule has 112 valence electrons. The van der Waals surface area contributed by atoms with Crippen LogP contribution >= 0.6 is 0 Å². The van der Waals surface area contributed by atoms with Gasteiger partial charge in [0.05, 0.1) is 11.1 Å². The van der Waals surface area contributed by atoms with E-state index in [2.05, 4.69) is 5.32 Å². The summed E-state index contributed by atoms with van der Waals surface area (Å²) in [5.41, 5.74) is 3.45. The molecule has 0 radical (unpaired) electrons. The number of aromatic carboxylic acids is 1. The van der Waals surface area contributed by atoms with Gasteiger partial charge in [0.15, 0.2) is 0 Å². The lowest BCUT2D eigenvalue weighted by Crippen LogP contribution is -2.21. The molecule has 0 atom stereocenters. The second-order valence-corrected chi connectivity index (χ2v) is 4.42. The first kappa shape index (κ1) is 16.3. The van der Waals surface area contributed by atoms with Crippen LogP contribution in [0.4, 0.5) is 18.9 Å². The Labute approximate surface area is 114 Å². The Morgan fingerprint density at radius 2 is 1.80 bits per heavy atom. The number of anilines is 1. The van der Waals surface area contributed by atoms with Crippen LogP contribution in [0.3, 0.4) is 0 Å². The molecule has 0 aliphatic carbocycles. The lowest BCUT2D eigenvalue weighted by molar-refractivity contribution is -0.137. The molecule has 0 unspecified atom stereocenters. The van der Waals surface area contributed by atoms with Crippen LogP contribution in [0.2, 0.25) is 0 Å². The Balaban J connectivity index is 0.000000276. The van der Waals surface area contributed by atoms with Gasteiger partial charge in [0, 0.05) is 5.69 Å². The maximum atomic E-state index is 12.1. The fourth-order valence-corrected chi connectivity index (χ4v) is 1.74. The number of alkyl halides is 3. The van der Waals surface area contributed by atoms with Crippen molar-refractivity contribution in [3.05, 3.63) is 29.3 Å². The smallest absolute Gasteiger partial charge is 0.416 e. The first-order valence-corrected chi connectivity index (χ1v) is 6.23. The Hall–Kier alpha value is -1.76. The van der Waals surface area contributed by atoms with E-state index in [0.29, 0.717) is 12.1 Å². The zero-order valence-electron chi connectivity index (χ0n) is 10.8. The van der Waals surface area contributed by atoms with Crippen LogP contribution in [0, 0.1) is 0 Å². The third-order valence-electron chi connectivity index (χ3n) is 2.82.